The van der Waals surface area contributed by atoms with Crippen LogP contribution in [0.15, 0.2) is 82.5 Å². The number of oxazole rings is 1. The van der Waals surface area contributed by atoms with E-state index < -0.39 is 17.3 Å². The fourth-order valence-electron chi connectivity index (χ4n) is 4.21. The van der Waals surface area contributed by atoms with Gasteiger partial charge in [0.15, 0.2) is 12.2 Å². The summed E-state index contributed by atoms with van der Waals surface area (Å²) in [5, 5.41) is 7.42. The first-order valence-electron chi connectivity index (χ1n) is 12.1. The quantitative estimate of drug-likeness (QED) is 0.259. The summed E-state index contributed by atoms with van der Waals surface area (Å²) >= 11 is 0. The Morgan fingerprint density at radius 3 is 2.50 bits per heavy atom. The molecule has 0 aliphatic heterocycles. The molecular weight excluding hydrogens is 493 g/mol. The van der Waals surface area contributed by atoms with Crippen molar-refractivity contribution in [3.63, 3.8) is 0 Å². The minimum Gasteiger partial charge on any atom is -0.444 e. The lowest BCUT2D eigenvalue weighted by Gasteiger charge is -2.18. The molecule has 0 fully saturated rings. The van der Waals surface area contributed by atoms with Gasteiger partial charge in [0.2, 0.25) is 0 Å². The molecule has 0 bridgehead atoms. The molecule has 9 heteroatoms. The molecule has 2 aromatic carbocycles. The van der Waals surface area contributed by atoms with Crippen LogP contribution in [-0.4, -0.2) is 21.3 Å². The molecule has 0 spiro atoms. The standard InChI is InChI=1S/C29H27F3N4O2/c1-5-8-19(6-2)20-9-10-23(29(30,31)32)26(14-20)36-28(37)25(34-7-3)15-24(35-36)21-11-18(4)12-22(13-21)27-16-33-17-38-27/h5-6,8-17,34H,7H2,1-4H3/b8-5-,19-6+. The highest BCUT2D eigenvalue weighted by Gasteiger charge is 2.35. The first kappa shape index (κ1) is 26.7. The van der Waals surface area contributed by atoms with Crippen molar-refractivity contribution in [2.45, 2.75) is 33.9 Å². The maximum atomic E-state index is 14.2. The fourth-order valence-corrected chi connectivity index (χ4v) is 4.21. The molecule has 2 aromatic heterocycles. The van der Waals surface area contributed by atoms with Crippen LogP contribution >= 0.6 is 0 Å². The Kier molecular flexibility index (Phi) is 7.66. The van der Waals surface area contributed by atoms with E-state index in [4.69, 9.17) is 4.42 Å². The molecule has 0 saturated carbocycles. The Labute approximate surface area is 218 Å². The maximum Gasteiger partial charge on any atom is 0.418 e. The van der Waals surface area contributed by atoms with Gasteiger partial charge >= 0.3 is 6.18 Å². The molecule has 0 amide bonds. The third-order valence-electron chi connectivity index (χ3n) is 5.89. The summed E-state index contributed by atoms with van der Waals surface area (Å²) in [5.74, 6) is 0.532. The highest BCUT2D eigenvalue weighted by atomic mass is 19.4. The molecule has 0 atom stereocenters. The van der Waals surface area contributed by atoms with Crippen molar-refractivity contribution in [2.75, 3.05) is 11.9 Å². The van der Waals surface area contributed by atoms with E-state index in [9.17, 15) is 18.0 Å². The maximum absolute atomic E-state index is 14.2. The number of rotatable bonds is 7. The number of benzene rings is 2. The van der Waals surface area contributed by atoms with E-state index in [2.05, 4.69) is 15.4 Å². The predicted octanol–water partition coefficient (Wildman–Crippen LogP) is 7.29. The number of alkyl halides is 3. The Morgan fingerprint density at radius 2 is 1.87 bits per heavy atom. The summed E-state index contributed by atoms with van der Waals surface area (Å²) in [4.78, 5) is 17.4. The van der Waals surface area contributed by atoms with E-state index in [0.29, 0.717) is 34.7 Å². The van der Waals surface area contributed by atoms with Crippen molar-refractivity contribution in [3.05, 3.63) is 100 Å². The number of anilines is 1. The summed E-state index contributed by atoms with van der Waals surface area (Å²) in [7, 11) is 0. The molecule has 38 heavy (non-hydrogen) atoms. The first-order chi connectivity index (χ1) is 18.2. The average Bonchev–Trinajstić information content (AvgIpc) is 3.42. The zero-order valence-electron chi connectivity index (χ0n) is 21.4. The second-order valence-corrected chi connectivity index (χ2v) is 8.62. The third kappa shape index (κ3) is 5.46. The van der Waals surface area contributed by atoms with Crippen molar-refractivity contribution in [3.8, 4) is 28.3 Å². The molecule has 0 radical (unpaired) electrons. The van der Waals surface area contributed by atoms with Gasteiger partial charge in [0, 0.05) is 17.7 Å². The van der Waals surface area contributed by atoms with Crippen molar-refractivity contribution in [2.24, 2.45) is 0 Å². The molecule has 6 nitrogen and oxygen atoms in total. The lowest BCUT2D eigenvalue weighted by Crippen LogP contribution is -2.27. The minimum atomic E-state index is -4.71. The lowest BCUT2D eigenvalue weighted by atomic mass is 10.0. The van der Waals surface area contributed by atoms with Crippen molar-refractivity contribution >= 4 is 11.3 Å². The van der Waals surface area contributed by atoms with E-state index in [-0.39, 0.29) is 11.4 Å². The highest BCUT2D eigenvalue weighted by Crippen LogP contribution is 2.36. The van der Waals surface area contributed by atoms with Gasteiger partial charge < -0.3 is 9.73 Å². The molecular formula is C29H27F3N4O2. The lowest BCUT2D eigenvalue weighted by molar-refractivity contribution is -0.137. The van der Waals surface area contributed by atoms with Crippen LogP contribution in [0.1, 0.15) is 37.5 Å². The van der Waals surface area contributed by atoms with Gasteiger partial charge in [-0.2, -0.15) is 23.0 Å². The Bertz CT molecular complexity index is 1570. The zero-order valence-corrected chi connectivity index (χ0v) is 21.4. The molecule has 1 N–H and O–H groups in total. The molecule has 0 aliphatic carbocycles. The van der Waals surface area contributed by atoms with E-state index >= 15 is 0 Å². The monoisotopic (exact) mass is 520 g/mol. The summed E-state index contributed by atoms with van der Waals surface area (Å²) in [6.45, 7) is 7.70. The summed E-state index contributed by atoms with van der Waals surface area (Å²) in [6.07, 6.45) is 3.56. The smallest absolute Gasteiger partial charge is 0.418 e. The van der Waals surface area contributed by atoms with Gasteiger partial charge in [0.05, 0.1) is 23.1 Å². The molecule has 4 rings (SSSR count). The van der Waals surface area contributed by atoms with E-state index in [1.165, 1.54) is 18.5 Å². The SMILES string of the molecule is C/C=C\C(=C/C)c1ccc(C(F)(F)F)c(-n2nc(-c3cc(C)cc(-c4cnco4)c3)cc(NCC)c2=O)c1. The molecule has 4 aromatic rings. The van der Waals surface area contributed by atoms with Gasteiger partial charge in [-0.3, -0.25) is 4.79 Å². The first-order valence-corrected chi connectivity index (χ1v) is 12.1. The van der Waals surface area contributed by atoms with Crippen LogP contribution in [0.3, 0.4) is 0 Å². The molecule has 0 saturated heterocycles. The van der Waals surface area contributed by atoms with E-state index in [0.717, 1.165) is 21.9 Å². The summed E-state index contributed by atoms with van der Waals surface area (Å²) < 4.78 is 48.7. The number of nitrogens with one attached hydrogen (secondary N) is 1. The second-order valence-electron chi connectivity index (χ2n) is 8.62. The van der Waals surface area contributed by atoms with Gasteiger partial charge in [-0.15, -0.1) is 0 Å². The van der Waals surface area contributed by atoms with Crippen molar-refractivity contribution < 1.29 is 17.6 Å². The number of aromatic nitrogens is 3. The van der Waals surface area contributed by atoms with Crippen LogP contribution in [0.4, 0.5) is 18.9 Å². The molecule has 196 valence electrons. The Balaban J connectivity index is 2.01. The summed E-state index contributed by atoms with van der Waals surface area (Å²) in [5.41, 5.74) is 1.92. The van der Waals surface area contributed by atoms with Crippen LogP contribution in [0.25, 0.3) is 33.8 Å². The van der Waals surface area contributed by atoms with E-state index in [1.807, 2.05) is 26.0 Å². The highest BCUT2D eigenvalue weighted by molar-refractivity contribution is 5.76. The van der Waals surface area contributed by atoms with Crippen LogP contribution in [0, 0.1) is 6.92 Å². The third-order valence-corrected chi connectivity index (χ3v) is 5.89. The fraction of sp³-hybridized carbons (Fsp3) is 0.207. The second kappa shape index (κ2) is 10.9. The topological polar surface area (TPSA) is 73.0 Å². The zero-order chi connectivity index (χ0) is 27.4. The number of nitrogens with zero attached hydrogens (tertiary/aromatic N) is 3. The summed E-state index contributed by atoms with van der Waals surface area (Å²) in [6, 6.07) is 10.8. The van der Waals surface area contributed by atoms with Crippen LogP contribution in [-0.2, 0) is 6.18 Å². The van der Waals surface area contributed by atoms with E-state index in [1.54, 1.807) is 50.4 Å². The minimum absolute atomic E-state index is 0.137. The normalized spacial score (nSPS) is 12.3. The van der Waals surface area contributed by atoms with Crippen LogP contribution < -0.4 is 10.9 Å². The average molecular weight is 521 g/mol. The Morgan fingerprint density at radius 1 is 1.11 bits per heavy atom. The van der Waals surface area contributed by atoms with Crippen molar-refractivity contribution in [1.29, 1.82) is 0 Å². The molecule has 0 aliphatic rings. The molecule has 0 unspecified atom stereocenters. The molecule has 2 heterocycles. The number of hydrogen-bond acceptors (Lipinski definition) is 5. The van der Waals surface area contributed by atoms with Gasteiger partial charge in [-0.05, 0) is 80.8 Å². The van der Waals surface area contributed by atoms with Crippen LogP contribution in [0.5, 0.6) is 0 Å². The van der Waals surface area contributed by atoms with Crippen LogP contribution in [0.2, 0.25) is 0 Å². The van der Waals surface area contributed by atoms with Gasteiger partial charge in [-0.1, -0.05) is 24.3 Å². The number of aryl methyl sites for hydroxylation is 1. The van der Waals surface area contributed by atoms with Gasteiger partial charge in [-0.25, -0.2) is 4.98 Å². The number of halogens is 3. The van der Waals surface area contributed by atoms with Crippen molar-refractivity contribution in [1.82, 2.24) is 14.8 Å². The van der Waals surface area contributed by atoms with Gasteiger partial charge in [0.25, 0.3) is 5.56 Å². The predicted molar refractivity (Wildman–Crippen MR) is 143 cm³/mol. The number of hydrogen-bond donors (Lipinski definition) is 1. The largest absolute Gasteiger partial charge is 0.444 e. The number of allylic oxidation sites excluding steroid dienone is 4. The Hall–Kier alpha value is -4.40. The van der Waals surface area contributed by atoms with Gasteiger partial charge in [0.1, 0.15) is 5.69 Å².